The fourth-order valence-electron chi connectivity index (χ4n) is 2.78. The summed E-state index contributed by atoms with van der Waals surface area (Å²) in [6.07, 6.45) is 5.15. The van der Waals surface area contributed by atoms with Crippen molar-refractivity contribution in [3.63, 3.8) is 0 Å². The normalized spacial score (nSPS) is 19.6. The number of carbonyl (C=O) groups is 1. The van der Waals surface area contributed by atoms with Crippen LogP contribution in [-0.4, -0.2) is 38.1 Å². The van der Waals surface area contributed by atoms with E-state index in [9.17, 15) is 13.2 Å². The number of piperidine rings is 1. The molecule has 0 N–H and O–H groups in total. The van der Waals surface area contributed by atoms with E-state index in [0.29, 0.717) is 5.56 Å². The fourth-order valence-corrected chi connectivity index (χ4v) is 4.08. The number of likely N-dealkylation sites (tertiary alicyclic amines) is 1. The predicted octanol–water partition coefficient (Wildman–Crippen LogP) is 3.15. The summed E-state index contributed by atoms with van der Waals surface area (Å²) in [5.74, 6) is -0.108. The van der Waals surface area contributed by atoms with Crippen LogP contribution < -0.4 is 0 Å². The van der Waals surface area contributed by atoms with E-state index in [1.54, 1.807) is 6.07 Å². The lowest BCUT2D eigenvalue weighted by Crippen LogP contribution is -2.43. The van der Waals surface area contributed by atoms with Gasteiger partial charge in [0.05, 0.1) is 9.92 Å². The van der Waals surface area contributed by atoms with Gasteiger partial charge in [-0.3, -0.25) is 4.79 Å². The van der Waals surface area contributed by atoms with Gasteiger partial charge in [-0.1, -0.05) is 18.5 Å². The molecule has 1 aromatic carbocycles. The zero-order valence-electron chi connectivity index (χ0n) is 12.3. The molecule has 116 valence electrons. The molecule has 1 atom stereocenters. The van der Waals surface area contributed by atoms with Crippen LogP contribution in [0.4, 0.5) is 0 Å². The average molecular weight is 330 g/mol. The first kappa shape index (κ1) is 16.3. The summed E-state index contributed by atoms with van der Waals surface area (Å²) >= 11 is 5.92. The number of hydrogen-bond acceptors (Lipinski definition) is 3. The lowest BCUT2D eigenvalue weighted by atomic mass is 9.99. The predicted molar refractivity (Wildman–Crippen MR) is 83.5 cm³/mol. The van der Waals surface area contributed by atoms with Gasteiger partial charge in [0, 0.05) is 24.4 Å². The Morgan fingerprint density at radius 2 is 2.10 bits per heavy atom. The Kier molecular flexibility index (Phi) is 4.94. The summed E-state index contributed by atoms with van der Waals surface area (Å²) in [6, 6.07) is 4.71. The minimum atomic E-state index is -3.44. The molecule has 1 aliphatic heterocycles. The number of carbonyl (C=O) groups excluding carboxylic acids is 1. The molecule has 21 heavy (non-hydrogen) atoms. The topological polar surface area (TPSA) is 54.5 Å². The molecule has 0 aromatic heterocycles. The number of sulfone groups is 1. The third-order valence-electron chi connectivity index (χ3n) is 3.94. The molecular weight excluding hydrogens is 310 g/mol. The average Bonchev–Trinajstić information content (AvgIpc) is 2.45. The summed E-state index contributed by atoms with van der Waals surface area (Å²) < 4.78 is 23.4. The highest BCUT2D eigenvalue weighted by Crippen LogP contribution is 2.26. The van der Waals surface area contributed by atoms with Crippen LogP contribution in [0.25, 0.3) is 0 Å². The smallest absolute Gasteiger partial charge is 0.254 e. The Balaban J connectivity index is 2.35. The van der Waals surface area contributed by atoms with Gasteiger partial charge in [0.25, 0.3) is 5.91 Å². The molecule has 0 spiro atoms. The molecule has 1 unspecified atom stereocenters. The van der Waals surface area contributed by atoms with Gasteiger partial charge < -0.3 is 4.90 Å². The van der Waals surface area contributed by atoms with Crippen LogP contribution in [0.1, 0.15) is 43.0 Å². The SMILES string of the molecule is CCC1CCCCN1C(=O)c1ccc(Cl)c(S(C)(=O)=O)c1. The molecule has 0 radical (unpaired) electrons. The lowest BCUT2D eigenvalue weighted by Gasteiger charge is -2.35. The Morgan fingerprint density at radius 1 is 1.38 bits per heavy atom. The molecule has 1 fully saturated rings. The molecular formula is C15H20ClNO3S. The van der Waals surface area contributed by atoms with Crippen LogP contribution >= 0.6 is 11.6 Å². The minimum Gasteiger partial charge on any atom is -0.336 e. The van der Waals surface area contributed by atoms with E-state index in [1.165, 1.54) is 12.1 Å². The van der Waals surface area contributed by atoms with E-state index >= 15 is 0 Å². The van der Waals surface area contributed by atoms with Crippen LogP contribution in [0.15, 0.2) is 23.1 Å². The van der Waals surface area contributed by atoms with Crippen molar-refractivity contribution in [3.8, 4) is 0 Å². The summed E-state index contributed by atoms with van der Waals surface area (Å²) in [4.78, 5) is 14.5. The number of hydrogen-bond donors (Lipinski definition) is 0. The van der Waals surface area contributed by atoms with E-state index in [-0.39, 0.29) is 21.9 Å². The fraction of sp³-hybridized carbons (Fsp3) is 0.533. The van der Waals surface area contributed by atoms with Crippen molar-refractivity contribution in [1.82, 2.24) is 4.90 Å². The van der Waals surface area contributed by atoms with Crippen molar-refractivity contribution >= 4 is 27.3 Å². The van der Waals surface area contributed by atoms with E-state index in [2.05, 4.69) is 6.92 Å². The van der Waals surface area contributed by atoms with Gasteiger partial charge in [0.15, 0.2) is 9.84 Å². The Morgan fingerprint density at radius 3 is 2.71 bits per heavy atom. The second kappa shape index (κ2) is 6.36. The van der Waals surface area contributed by atoms with Crippen molar-refractivity contribution in [1.29, 1.82) is 0 Å². The summed E-state index contributed by atoms with van der Waals surface area (Å²) in [5, 5.41) is 0.153. The van der Waals surface area contributed by atoms with E-state index in [0.717, 1.165) is 38.5 Å². The van der Waals surface area contributed by atoms with E-state index < -0.39 is 9.84 Å². The van der Waals surface area contributed by atoms with Crippen molar-refractivity contribution < 1.29 is 13.2 Å². The molecule has 2 rings (SSSR count). The Bertz CT molecular complexity index is 642. The first-order valence-electron chi connectivity index (χ1n) is 7.15. The van der Waals surface area contributed by atoms with E-state index in [1.807, 2.05) is 4.90 Å². The highest BCUT2D eigenvalue weighted by Gasteiger charge is 2.27. The first-order chi connectivity index (χ1) is 9.84. The monoisotopic (exact) mass is 329 g/mol. The van der Waals surface area contributed by atoms with Crippen molar-refractivity contribution in [3.05, 3.63) is 28.8 Å². The Labute approximate surface area is 131 Å². The zero-order valence-corrected chi connectivity index (χ0v) is 13.9. The summed E-state index contributed by atoms with van der Waals surface area (Å²) in [5.41, 5.74) is 0.389. The first-order valence-corrected chi connectivity index (χ1v) is 9.42. The Hall–Kier alpha value is -1.07. The van der Waals surface area contributed by atoms with Gasteiger partial charge in [-0.25, -0.2) is 8.42 Å². The van der Waals surface area contributed by atoms with Crippen LogP contribution in [0.5, 0.6) is 0 Å². The maximum atomic E-state index is 12.6. The standard InChI is InChI=1S/C15H20ClNO3S/c1-3-12-6-4-5-9-17(12)15(18)11-7-8-13(16)14(10-11)21(2,19)20/h7-8,10,12H,3-6,9H2,1-2H3. The molecule has 4 nitrogen and oxygen atoms in total. The number of rotatable bonds is 3. The quantitative estimate of drug-likeness (QED) is 0.856. The van der Waals surface area contributed by atoms with Gasteiger partial charge >= 0.3 is 0 Å². The largest absolute Gasteiger partial charge is 0.336 e. The third kappa shape index (κ3) is 3.58. The maximum absolute atomic E-state index is 12.6. The maximum Gasteiger partial charge on any atom is 0.254 e. The van der Waals surface area contributed by atoms with Crippen LogP contribution in [0.2, 0.25) is 5.02 Å². The number of nitrogens with zero attached hydrogens (tertiary/aromatic N) is 1. The molecule has 1 amide bonds. The van der Waals surface area contributed by atoms with Crippen LogP contribution in [0, 0.1) is 0 Å². The lowest BCUT2D eigenvalue weighted by molar-refractivity contribution is 0.0608. The number of benzene rings is 1. The molecule has 6 heteroatoms. The molecule has 0 aliphatic carbocycles. The molecule has 1 aromatic rings. The van der Waals surface area contributed by atoms with Gasteiger partial charge in [0.1, 0.15) is 0 Å². The summed E-state index contributed by atoms with van der Waals surface area (Å²) in [6.45, 7) is 2.80. The van der Waals surface area contributed by atoms with Crippen molar-refractivity contribution in [2.45, 2.75) is 43.5 Å². The number of halogens is 1. The number of amides is 1. The van der Waals surface area contributed by atoms with Crippen LogP contribution in [0.3, 0.4) is 0 Å². The summed E-state index contributed by atoms with van der Waals surface area (Å²) in [7, 11) is -3.44. The third-order valence-corrected chi connectivity index (χ3v) is 5.52. The van der Waals surface area contributed by atoms with Crippen molar-refractivity contribution in [2.24, 2.45) is 0 Å². The molecule has 1 saturated heterocycles. The highest BCUT2D eigenvalue weighted by atomic mass is 35.5. The van der Waals surface area contributed by atoms with E-state index in [4.69, 9.17) is 11.6 Å². The van der Waals surface area contributed by atoms with Gasteiger partial charge in [-0.2, -0.15) is 0 Å². The van der Waals surface area contributed by atoms with Gasteiger partial charge in [-0.15, -0.1) is 0 Å². The molecule has 1 heterocycles. The molecule has 0 bridgehead atoms. The minimum absolute atomic E-state index is 0.0140. The van der Waals surface area contributed by atoms with Crippen LogP contribution in [-0.2, 0) is 9.84 Å². The second-order valence-corrected chi connectivity index (χ2v) is 7.87. The van der Waals surface area contributed by atoms with Gasteiger partial charge in [0.2, 0.25) is 0 Å². The highest BCUT2D eigenvalue weighted by molar-refractivity contribution is 7.90. The second-order valence-electron chi connectivity index (χ2n) is 5.47. The van der Waals surface area contributed by atoms with Crippen molar-refractivity contribution in [2.75, 3.05) is 12.8 Å². The molecule has 1 aliphatic rings. The zero-order chi connectivity index (χ0) is 15.6. The molecule has 0 saturated carbocycles. The van der Waals surface area contributed by atoms with Gasteiger partial charge in [-0.05, 0) is 43.9 Å².